The maximum absolute atomic E-state index is 10.5. The van der Waals surface area contributed by atoms with Crippen molar-refractivity contribution in [1.82, 2.24) is 0 Å². The van der Waals surface area contributed by atoms with Gasteiger partial charge in [0.25, 0.3) is 5.69 Å². The Balaban J connectivity index is 2.78. The molecule has 0 saturated carbocycles. The minimum atomic E-state index is -1.40. The van der Waals surface area contributed by atoms with Crippen molar-refractivity contribution in [3.8, 4) is 11.6 Å². The number of nitrogens with one attached hydrogen (secondary N) is 1. The van der Waals surface area contributed by atoms with Gasteiger partial charge in [-0.05, 0) is 6.07 Å². The number of hydrogen-bond acceptors (Lipinski definition) is 3. The molecule has 1 aromatic rings. The lowest BCUT2D eigenvalue weighted by atomic mass is 10.3. The summed E-state index contributed by atoms with van der Waals surface area (Å²) in [5, 5.41) is 13.4. The molecule has 0 aromatic heterocycles. The van der Waals surface area contributed by atoms with Crippen LogP contribution in [0, 0.1) is 21.7 Å². The van der Waals surface area contributed by atoms with Crippen LogP contribution in [0.5, 0.6) is 0 Å². The van der Waals surface area contributed by atoms with E-state index in [1.807, 2.05) is 0 Å². The molecule has 5 heteroatoms. The molecule has 0 aliphatic heterocycles. The van der Waals surface area contributed by atoms with Gasteiger partial charge in [-0.25, -0.2) is 0 Å². The van der Waals surface area contributed by atoms with Crippen LogP contribution in [0.2, 0.25) is 19.6 Å². The van der Waals surface area contributed by atoms with Crippen molar-refractivity contribution in [3.63, 3.8) is 0 Å². The molecule has 16 heavy (non-hydrogen) atoms. The third-order valence-electron chi connectivity index (χ3n) is 1.70. The molecule has 0 spiro atoms. The largest absolute Gasteiger partial charge is 0.315 e. The van der Waals surface area contributed by atoms with Crippen LogP contribution in [0.1, 0.15) is 0 Å². The molecule has 84 valence electrons. The van der Waals surface area contributed by atoms with Crippen LogP contribution in [-0.4, -0.2) is 13.0 Å². The Bertz CT molecular complexity index is 455. The Morgan fingerprint density at radius 3 is 2.62 bits per heavy atom. The monoisotopic (exact) mass is 234 g/mol. The SMILES string of the molecule is C[Si](C)(C)C#CNc1cccc([N+](=O)[O-])c1. The first-order chi connectivity index (χ1) is 7.38. The van der Waals surface area contributed by atoms with E-state index in [2.05, 4.69) is 36.5 Å². The Kier molecular flexibility index (Phi) is 3.69. The number of hydrogen-bond donors (Lipinski definition) is 1. The number of nitrogens with zero attached hydrogens (tertiary/aromatic N) is 1. The highest BCUT2D eigenvalue weighted by atomic mass is 28.3. The molecular formula is C11H14N2O2Si. The maximum Gasteiger partial charge on any atom is 0.271 e. The van der Waals surface area contributed by atoms with Crippen molar-refractivity contribution < 1.29 is 4.92 Å². The van der Waals surface area contributed by atoms with Gasteiger partial charge >= 0.3 is 0 Å². The van der Waals surface area contributed by atoms with Gasteiger partial charge in [-0.3, -0.25) is 10.1 Å². The zero-order valence-electron chi connectivity index (χ0n) is 9.57. The number of benzene rings is 1. The number of nitro benzene ring substituents is 1. The Morgan fingerprint density at radius 2 is 2.06 bits per heavy atom. The molecule has 0 atom stereocenters. The Labute approximate surface area is 95.8 Å². The normalized spacial score (nSPS) is 10.2. The fourth-order valence-corrected chi connectivity index (χ4v) is 1.43. The van der Waals surface area contributed by atoms with Crippen LogP contribution >= 0.6 is 0 Å². The van der Waals surface area contributed by atoms with Crippen LogP contribution in [0.15, 0.2) is 24.3 Å². The fourth-order valence-electron chi connectivity index (χ4n) is 0.988. The van der Waals surface area contributed by atoms with Crippen molar-refractivity contribution in [3.05, 3.63) is 34.4 Å². The summed E-state index contributed by atoms with van der Waals surface area (Å²) in [4.78, 5) is 10.1. The van der Waals surface area contributed by atoms with Gasteiger partial charge in [0.15, 0.2) is 0 Å². The van der Waals surface area contributed by atoms with Crippen molar-refractivity contribution in [2.75, 3.05) is 5.32 Å². The van der Waals surface area contributed by atoms with Gasteiger partial charge in [0, 0.05) is 18.2 Å². The zero-order valence-corrected chi connectivity index (χ0v) is 10.6. The van der Waals surface area contributed by atoms with Crippen molar-refractivity contribution in [2.45, 2.75) is 19.6 Å². The van der Waals surface area contributed by atoms with E-state index in [0.29, 0.717) is 5.69 Å². The van der Waals surface area contributed by atoms with Gasteiger partial charge < -0.3 is 5.32 Å². The highest BCUT2D eigenvalue weighted by Crippen LogP contribution is 2.16. The highest BCUT2D eigenvalue weighted by Gasteiger charge is 2.08. The smallest absolute Gasteiger partial charge is 0.271 e. The van der Waals surface area contributed by atoms with E-state index < -0.39 is 13.0 Å². The standard InChI is InChI=1S/C11H14N2O2Si/c1-16(2,3)8-7-12-10-5-4-6-11(9-10)13(14)15/h4-6,9,12H,1-3H3. The molecular weight excluding hydrogens is 220 g/mol. The first kappa shape index (κ1) is 12.3. The second-order valence-corrected chi connectivity index (χ2v) is 9.18. The van der Waals surface area contributed by atoms with Gasteiger partial charge in [0.2, 0.25) is 0 Å². The summed E-state index contributed by atoms with van der Waals surface area (Å²) < 4.78 is 0. The average molecular weight is 234 g/mol. The zero-order chi connectivity index (χ0) is 12.2. The minimum Gasteiger partial charge on any atom is -0.315 e. The van der Waals surface area contributed by atoms with E-state index in [1.165, 1.54) is 12.1 Å². The van der Waals surface area contributed by atoms with E-state index in [9.17, 15) is 10.1 Å². The van der Waals surface area contributed by atoms with Crippen LogP contribution in [0.25, 0.3) is 0 Å². The lowest BCUT2D eigenvalue weighted by molar-refractivity contribution is -0.384. The molecule has 0 heterocycles. The van der Waals surface area contributed by atoms with Gasteiger partial charge in [-0.1, -0.05) is 25.7 Å². The molecule has 1 N–H and O–H groups in total. The molecule has 0 amide bonds. The van der Waals surface area contributed by atoms with Crippen molar-refractivity contribution in [1.29, 1.82) is 0 Å². The first-order valence-electron chi connectivity index (χ1n) is 4.91. The molecule has 1 aromatic carbocycles. The Morgan fingerprint density at radius 1 is 1.38 bits per heavy atom. The second-order valence-electron chi connectivity index (χ2n) is 4.43. The number of anilines is 1. The molecule has 0 radical (unpaired) electrons. The summed E-state index contributed by atoms with van der Waals surface area (Å²) in [5.74, 6) is 0. The summed E-state index contributed by atoms with van der Waals surface area (Å²) in [5.41, 5.74) is 3.85. The Hall–Kier alpha value is -1.80. The van der Waals surface area contributed by atoms with E-state index >= 15 is 0 Å². The van der Waals surface area contributed by atoms with E-state index in [0.717, 1.165) is 0 Å². The summed E-state index contributed by atoms with van der Waals surface area (Å²) in [6, 6.07) is 9.16. The summed E-state index contributed by atoms with van der Waals surface area (Å²) >= 11 is 0. The first-order valence-corrected chi connectivity index (χ1v) is 8.41. The van der Waals surface area contributed by atoms with Crippen LogP contribution in [0.4, 0.5) is 11.4 Å². The van der Waals surface area contributed by atoms with Crippen LogP contribution in [0.3, 0.4) is 0 Å². The quantitative estimate of drug-likeness (QED) is 0.281. The molecule has 0 unspecified atom stereocenters. The van der Waals surface area contributed by atoms with E-state index in [1.54, 1.807) is 12.1 Å². The van der Waals surface area contributed by atoms with E-state index in [-0.39, 0.29) is 5.69 Å². The number of rotatable bonds is 2. The molecule has 0 saturated heterocycles. The summed E-state index contributed by atoms with van der Waals surface area (Å²) in [6.07, 6.45) is 0. The molecule has 4 nitrogen and oxygen atoms in total. The molecule has 0 aliphatic carbocycles. The van der Waals surface area contributed by atoms with Gasteiger partial charge in [-0.15, -0.1) is 5.54 Å². The highest BCUT2D eigenvalue weighted by molar-refractivity contribution is 6.83. The predicted octanol–water partition coefficient (Wildman–Crippen LogP) is 2.85. The van der Waals surface area contributed by atoms with Crippen LogP contribution < -0.4 is 5.32 Å². The summed E-state index contributed by atoms with van der Waals surface area (Å²) in [7, 11) is -1.40. The van der Waals surface area contributed by atoms with Crippen molar-refractivity contribution in [2.24, 2.45) is 0 Å². The third kappa shape index (κ3) is 4.15. The summed E-state index contributed by atoms with van der Waals surface area (Å²) in [6.45, 7) is 6.40. The lowest BCUT2D eigenvalue weighted by Gasteiger charge is -2.03. The van der Waals surface area contributed by atoms with Gasteiger partial charge in [-0.2, -0.15) is 0 Å². The fraction of sp³-hybridized carbons (Fsp3) is 0.273. The predicted molar refractivity (Wildman–Crippen MR) is 67.8 cm³/mol. The number of nitro groups is 1. The topological polar surface area (TPSA) is 55.2 Å². The lowest BCUT2D eigenvalue weighted by Crippen LogP contribution is -2.16. The number of non-ortho nitro benzene ring substituents is 1. The molecule has 0 fully saturated rings. The van der Waals surface area contributed by atoms with Gasteiger partial charge in [0.05, 0.1) is 10.6 Å². The van der Waals surface area contributed by atoms with E-state index in [4.69, 9.17) is 0 Å². The van der Waals surface area contributed by atoms with Crippen LogP contribution in [-0.2, 0) is 0 Å². The minimum absolute atomic E-state index is 0.0693. The van der Waals surface area contributed by atoms with Gasteiger partial charge in [0.1, 0.15) is 8.07 Å². The third-order valence-corrected chi connectivity index (χ3v) is 2.58. The molecule has 0 bridgehead atoms. The molecule has 0 aliphatic rings. The van der Waals surface area contributed by atoms with Crippen molar-refractivity contribution >= 4 is 19.4 Å². The second kappa shape index (κ2) is 4.81. The maximum atomic E-state index is 10.5. The molecule has 1 rings (SSSR count). The average Bonchev–Trinajstić information content (AvgIpc) is 2.16.